The number of benzene rings is 6. The van der Waals surface area contributed by atoms with E-state index in [-0.39, 0.29) is 24.0 Å². The molecule has 0 N–H and O–H groups in total. The quantitative estimate of drug-likeness (QED) is 0.142. The van der Waals surface area contributed by atoms with Gasteiger partial charge in [-0.15, -0.1) is 30.0 Å². The van der Waals surface area contributed by atoms with Crippen molar-refractivity contribution in [2.75, 3.05) is 22.9 Å². The fraction of sp³-hybridized carbons (Fsp3) is 0.254. The summed E-state index contributed by atoms with van der Waals surface area (Å²) in [6.07, 6.45) is 0.104. The molecular weight excluding hydrogens is 886 g/mol. The number of aromatic nitrogens is 1. The third-order valence-corrected chi connectivity index (χ3v) is 12.2. The Balaban J connectivity index is 0.000000193. The summed E-state index contributed by atoms with van der Waals surface area (Å²) in [5.41, 5.74) is 17.7. The number of amides is 1. The number of hydrogen-bond donors (Lipinski definition) is 0. The first-order valence-corrected chi connectivity index (χ1v) is 23.9. The van der Waals surface area contributed by atoms with Crippen LogP contribution in [-0.2, 0) is 24.6 Å². The van der Waals surface area contributed by atoms with Gasteiger partial charge in [0.25, 0.3) is 0 Å². The number of pyridine rings is 1. The minimum Gasteiger partial charge on any atom is -0.199 e. The molecule has 1 amide bonds. The van der Waals surface area contributed by atoms with E-state index in [1.807, 2.05) is 84.9 Å². The zero-order chi connectivity index (χ0) is 47.9. The molecule has 0 aliphatic carbocycles. The van der Waals surface area contributed by atoms with Crippen LogP contribution in [0.1, 0.15) is 106 Å². The fourth-order valence-corrected chi connectivity index (χ4v) is 9.08. The monoisotopic (exact) mass is 950 g/mol. The molecule has 0 atom stereocenters. The summed E-state index contributed by atoms with van der Waals surface area (Å²) in [6.45, 7) is 30.9. The Morgan fingerprint density at radius 3 is 1.30 bits per heavy atom. The van der Waals surface area contributed by atoms with Crippen molar-refractivity contribution in [3.63, 3.8) is 0 Å². The van der Waals surface area contributed by atoms with E-state index in [9.17, 15) is 4.79 Å². The number of carbonyl (C=O) groups excluding carboxylic acids is 1. The molecule has 2 heterocycles. The maximum Gasteiger partial charge on any atom is -0.0866 e. The molecule has 6 nitrogen and oxygen atoms in total. The standard InChI is InChI=1S/C26H30N2O.C19H23N3.2C7H7.Zr/c1-16(2)20-12-8-13-21(17(3)4)25(20)28-26(29)23-15-9-14-22(27-23)24-18(5)10-7-11-19(24)6;1-13-7-5-8-14(2)17(13)21-11-12-22(19(21)20)18-15(3)9-6-10-16(18)4;2*1-7-5-3-2-4-6-7;/h7-17H,1-6H3,(H,28,29);5-10,19H,11-12H2,1-4H3;2*2-6H,1H2;/q;;2*-1;/p-1. The second-order valence-corrected chi connectivity index (χ2v) is 18.1. The van der Waals surface area contributed by atoms with Gasteiger partial charge in [-0.3, -0.25) is 0 Å². The van der Waals surface area contributed by atoms with Crippen LogP contribution in [0.5, 0.6) is 0 Å². The molecule has 1 aliphatic rings. The summed E-state index contributed by atoms with van der Waals surface area (Å²) in [5.74, 6) is 0.274. The van der Waals surface area contributed by atoms with Gasteiger partial charge in [0.2, 0.25) is 0 Å². The molecule has 1 fully saturated rings. The van der Waals surface area contributed by atoms with Gasteiger partial charge in [0, 0.05) is 5.56 Å². The Labute approximate surface area is 411 Å². The molecule has 1 aromatic heterocycles. The average molecular weight is 952 g/mol. The topological polar surface area (TPSA) is 62.9 Å². The summed E-state index contributed by atoms with van der Waals surface area (Å²) in [6, 6.07) is 50.7. The summed E-state index contributed by atoms with van der Waals surface area (Å²) in [4.78, 5) is 22.7. The number of hydrogen-bond acceptors (Lipinski definition) is 5. The number of rotatable bonds is 8. The third kappa shape index (κ3) is 13.3. The van der Waals surface area contributed by atoms with E-state index in [1.165, 1.54) is 58.2 Å². The van der Waals surface area contributed by atoms with E-state index < -0.39 is 0 Å². The maximum atomic E-state index is 13.1. The van der Waals surface area contributed by atoms with Gasteiger partial charge >= 0.3 is 154 Å². The summed E-state index contributed by atoms with van der Waals surface area (Å²) in [7, 11) is 0. The van der Waals surface area contributed by atoms with Gasteiger partial charge in [0.1, 0.15) is 5.91 Å². The Morgan fingerprint density at radius 1 is 0.561 bits per heavy atom. The molecule has 1 saturated heterocycles. The first-order chi connectivity index (χ1) is 31.6. The molecule has 0 radical (unpaired) electrons. The molecule has 7 heteroatoms. The van der Waals surface area contributed by atoms with E-state index in [1.54, 1.807) is 6.07 Å². The number of para-hydroxylation sites is 3. The van der Waals surface area contributed by atoms with Gasteiger partial charge in [-0.2, -0.15) is 49.2 Å². The van der Waals surface area contributed by atoms with Crippen LogP contribution in [0.3, 0.4) is 0 Å². The minimum absolute atomic E-state index is 0.104. The molecule has 66 heavy (non-hydrogen) atoms. The van der Waals surface area contributed by atoms with Crippen molar-refractivity contribution >= 4 is 23.0 Å². The van der Waals surface area contributed by atoms with Crippen LogP contribution >= 0.6 is 0 Å². The second kappa shape index (κ2) is 24.5. The summed E-state index contributed by atoms with van der Waals surface area (Å²) >= 11 is 1.23. The fourth-order valence-electron chi connectivity index (χ4n) is 8.39. The summed E-state index contributed by atoms with van der Waals surface area (Å²) in [5, 5.41) is 4.55. The van der Waals surface area contributed by atoms with Crippen molar-refractivity contribution in [2.45, 2.75) is 87.4 Å². The molecule has 0 spiro atoms. The maximum absolute atomic E-state index is 13.1. The van der Waals surface area contributed by atoms with Crippen LogP contribution in [0.2, 0.25) is 0 Å². The Bertz CT molecular complexity index is 2490. The number of aryl methyl sites for hydroxylation is 6. The number of carbonyl (C=O) groups is 1. The van der Waals surface area contributed by atoms with Crippen molar-refractivity contribution in [1.82, 2.24) is 4.98 Å². The summed E-state index contributed by atoms with van der Waals surface area (Å²) < 4.78 is 4.81. The van der Waals surface area contributed by atoms with Crippen molar-refractivity contribution in [1.29, 1.82) is 0 Å². The molecule has 0 bridgehead atoms. The van der Waals surface area contributed by atoms with Crippen molar-refractivity contribution in [3.05, 3.63) is 232 Å². The van der Waals surface area contributed by atoms with E-state index in [0.717, 1.165) is 63.4 Å². The third-order valence-electron chi connectivity index (χ3n) is 11.7. The average Bonchev–Trinajstić information content (AvgIpc) is 3.70. The molecule has 8 rings (SSSR count). The predicted octanol–water partition coefficient (Wildman–Crippen LogP) is 15.5. The molecule has 7 aromatic rings. The first kappa shape index (κ1) is 51.0. The molecule has 1 aliphatic heterocycles. The van der Waals surface area contributed by atoms with Gasteiger partial charge in [-0.25, -0.2) is 4.98 Å². The van der Waals surface area contributed by atoms with Crippen LogP contribution in [-0.4, -0.2) is 30.3 Å². The van der Waals surface area contributed by atoms with Crippen molar-refractivity contribution in [3.8, 4) is 11.3 Å². The van der Waals surface area contributed by atoms with E-state index in [2.05, 4.69) is 164 Å². The van der Waals surface area contributed by atoms with E-state index in [0.29, 0.717) is 5.69 Å². The van der Waals surface area contributed by atoms with Crippen LogP contribution in [0, 0.1) is 55.4 Å². The van der Waals surface area contributed by atoms with Gasteiger partial charge in [0.05, 0.1) is 11.4 Å². The normalized spacial score (nSPS) is 12.0. The Morgan fingerprint density at radius 2 is 0.939 bits per heavy atom. The van der Waals surface area contributed by atoms with Gasteiger partial charge in [-0.05, 0) is 48.9 Å². The second-order valence-electron chi connectivity index (χ2n) is 17.5. The number of nitrogens with zero attached hydrogens (tertiary/aromatic N) is 5. The van der Waals surface area contributed by atoms with Crippen LogP contribution < -0.4 is 9.80 Å². The van der Waals surface area contributed by atoms with Crippen molar-refractivity contribution < 1.29 is 29.3 Å². The van der Waals surface area contributed by atoms with Crippen LogP contribution in [0.25, 0.3) is 16.6 Å². The minimum atomic E-state index is -0.298. The zero-order valence-corrected chi connectivity index (χ0v) is 43.1. The van der Waals surface area contributed by atoms with Gasteiger partial charge in [0.15, 0.2) is 0 Å². The Hall–Kier alpha value is -6.04. The first-order valence-electron chi connectivity index (χ1n) is 22.8. The number of anilines is 2. The molecule has 340 valence electrons. The zero-order valence-electron chi connectivity index (χ0n) is 40.6. The molecule has 0 saturated carbocycles. The van der Waals surface area contributed by atoms with Gasteiger partial charge < -0.3 is 10.1 Å². The van der Waals surface area contributed by atoms with E-state index in [4.69, 9.17) is 2.87 Å². The predicted molar refractivity (Wildman–Crippen MR) is 276 cm³/mol. The smallest absolute Gasteiger partial charge is 0.0866 e. The van der Waals surface area contributed by atoms with Crippen molar-refractivity contribution in [2.24, 2.45) is 2.87 Å². The van der Waals surface area contributed by atoms with E-state index >= 15 is 0 Å². The Kier molecular flexibility index (Phi) is 18.9. The van der Waals surface area contributed by atoms with Crippen LogP contribution in [0.4, 0.5) is 17.1 Å². The molecular formula is C59H66N5OZr-3. The molecule has 6 aromatic carbocycles. The van der Waals surface area contributed by atoms with Gasteiger partial charge in [-0.1, -0.05) is 93.4 Å². The largest absolute Gasteiger partial charge is 0.199 e. The van der Waals surface area contributed by atoms with Crippen LogP contribution in [0.15, 0.2) is 155 Å². The SMILES string of the molecule is Cc1cccc(C)c1-c1cccc(C(=O)[N-]c2c(C(C)C)cccc2C(C)C)n1.Cc1cccc(C)c1N1CCN(c2c(C)cccc2C)C1[N]=[Zr].[CH2-]c1ccccc1.[CH2-]c1ccccc1. The molecule has 0 unspecified atom stereocenters.